The summed E-state index contributed by atoms with van der Waals surface area (Å²) in [5, 5.41) is 8.74. The minimum Gasteiger partial charge on any atom is -0.444 e. The molecule has 1 aromatic rings. The van der Waals surface area contributed by atoms with Crippen molar-refractivity contribution in [3.8, 4) is 0 Å². The van der Waals surface area contributed by atoms with Gasteiger partial charge in [0.2, 0.25) is 0 Å². The molecule has 0 bridgehead atoms. The summed E-state index contributed by atoms with van der Waals surface area (Å²) in [4.78, 5) is 19.0. The number of nitrogens with zero attached hydrogens (tertiary/aromatic N) is 2. The highest BCUT2D eigenvalue weighted by atomic mass is 32.2. The van der Waals surface area contributed by atoms with Crippen molar-refractivity contribution in [2.24, 2.45) is 28.8 Å². The van der Waals surface area contributed by atoms with Crippen LogP contribution in [0.3, 0.4) is 0 Å². The molecule has 4 rings (SSSR count). The molecule has 8 nitrogen and oxygen atoms in total. The third-order valence-electron chi connectivity index (χ3n) is 8.17. The van der Waals surface area contributed by atoms with Crippen LogP contribution in [0, 0.1) is 23.7 Å². The molecule has 0 radical (unpaired) electrons. The number of hydrogen-bond donors (Lipinski definition) is 2. The second-order valence-electron chi connectivity index (χ2n) is 13.2. The molecule has 1 aromatic heterocycles. The molecule has 2 heterocycles. The molecule has 3 N–H and O–H groups in total. The lowest BCUT2D eigenvalue weighted by molar-refractivity contribution is 0.0131. The molecule has 1 unspecified atom stereocenters. The maximum Gasteiger partial charge on any atom is 0.410 e. The predicted molar refractivity (Wildman–Crippen MR) is 146 cm³/mol. The van der Waals surface area contributed by atoms with Gasteiger partial charge in [-0.15, -0.1) is 0 Å². The highest BCUT2D eigenvalue weighted by Crippen LogP contribution is 2.51. The summed E-state index contributed by atoms with van der Waals surface area (Å²) in [6.45, 7) is 10.6. The monoisotopic (exact) mass is 534 g/mol. The molecule has 1 aliphatic heterocycles. The van der Waals surface area contributed by atoms with Gasteiger partial charge in [0.15, 0.2) is 5.03 Å². The molecular formula is C28H46N4O4S. The molecule has 208 valence electrons. The molecule has 2 aliphatic carbocycles. The van der Waals surface area contributed by atoms with E-state index in [-0.39, 0.29) is 22.7 Å². The van der Waals surface area contributed by atoms with Gasteiger partial charge in [0.05, 0.1) is 0 Å². The topological polar surface area (TPSA) is 115 Å². The lowest BCUT2D eigenvalue weighted by atomic mass is 9.87. The van der Waals surface area contributed by atoms with Gasteiger partial charge in [-0.05, 0) is 128 Å². The van der Waals surface area contributed by atoms with Gasteiger partial charge in [-0.1, -0.05) is 6.07 Å². The summed E-state index contributed by atoms with van der Waals surface area (Å²) >= 11 is 0. The Morgan fingerprint density at radius 1 is 1.16 bits per heavy atom. The smallest absolute Gasteiger partial charge is 0.410 e. The first-order valence-corrected chi connectivity index (χ1v) is 15.5. The molecule has 9 heteroatoms. The van der Waals surface area contributed by atoms with Crippen LogP contribution in [0.2, 0.25) is 0 Å². The maximum atomic E-state index is 12.9. The Labute approximate surface area is 223 Å². The van der Waals surface area contributed by atoms with E-state index in [4.69, 9.17) is 9.88 Å². The van der Waals surface area contributed by atoms with E-state index in [1.807, 2.05) is 31.7 Å². The highest BCUT2D eigenvalue weighted by molar-refractivity contribution is 7.89. The Morgan fingerprint density at radius 3 is 2.38 bits per heavy atom. The number of likely N-dealkylation sites (tertiary alicyclic amines) is 1. The number of nitrogens with one attached hydrogen (secondary N) is 1. The molecule has 0 aromatic carbocycles. The normalized spacial score (nSPS) is 22.8. The molecular weight excluding hydrogens is 488 g/mol. The Balaban J connectivity index is 1.41. The predicted octanol–water partition coefficient (Wildman–Crippen LogP) is 5.54. The van der Waals surface area contributed by atoms with Crippen LogP contribution in [0.15, 0.2) is 23.2 Å². The fourth-order valence-corrected chi connectivity index (χ4v) is 6.60. The van der Waals surface area contributed by atoms with Crippen LogP contribution in [0.4, 0.5) is 10.6 Å². The lowest BCUT2D eigenvalue weighted by Gasteiger charge is -2.33. The zero-order valence-electron chi connectivity index (χ0n) is 23.2. The van der Waals surface area contributed by atoms with E-state index in [1.54, 1.807) is 6.07 Å². The average Bonchev–Trinajstić information content (AvgIpc) is 3.69. The third-order valence-corrected chi connectivity index (χ3v) is 8.98. The van der Waals surface area contributed by atoms with E-state index < -0.39 is 15.6 Å². The quantitative estimate of drug-likeness (QED) is 0.385. The minimum atomic E-state index is -3.86. The van der Waals surface area contributed by atoms with Gasteiger partial charge in [0.25, 0.3) is 10.0 Å². The SMILES string of the molecule is CC(C)(C)OC(=O)N1C[C@@H](CCC(CCC(C2CC2)C2CC2)Nc2cccc(S(N)(=O)=O)n2)CC1(C)C. The van der Waals surface area contributed by atoms with Crippen LogP contribution in [0.25, 0.3) is 0 Å². The van der Waals surface area contributed by atoms with Gasteiger partial charge in [-0.3, -0.25) is 0 Å². The summed E-state index contributed by atoms with van der Waals surface area (Å²) in [6, 6.07) is 5.10. The fourth-order valence-electron chi connectivity index (χ4n) is 6.11. The first kappa shape index (κ1) is 28.1. The van der Waals surface area contributed by atoms with E-state index in [0.717, 1.165) is 43.4 Å². The van der Waals surface area contributed by atoms with Crippen molar-refractivity contribution in [1.29, 1.82) is 0 Å². The van der Waals surface area contributed by atoms with Gasteiger partial charge in [0.1, 0.15) is 11.4 Å². The number of carbonyl (C=O) groups excluding carboxylic acids is 1. The first-order valence-electron chi connectivity index (χ1n) is 14.0. The number of nitrogens with two attached hydrogens (primary N) is 1. The van der Waals surface area contributed by atoms with Crippen molar-refractivity contribution in [3.05, 3.63) is 18.2 Å². The Kier molecular flexibility index (Phi) is 8.15. The Morgan fingerprint density at radius 2 is 1.81 bits per heavy atom. The minimum absolute atomic E-state index is 0.115. The second-order valence-corrected chi connectivity index (χ2v) is 14.7. The summed E-state index contributed by atoms with van der Waals surface area (Å²) < 4.78 is 29.3. The number of hydrogen-bond acceptors (Lipinski definition) is 6. The van der Waals surface area contributed by atoms with Crippen LogP contribution in [-0.4, -0.2) is 48.1 Å². The Hall–Kier alpha value is -1.87. The molecule has 3 aliphatic rings. The molecule has 1 saturated heterocycles. The van der Waals surface area contributed by atoms with Gasteiger partial charge < -0.3 is 15.0 Å². The third kappa shape index (κ3) is 8.06. The average molecular weight is 535 g/mol. The van der Waals surface area contributed by atoms with Gasteiger partial charge in [0, 0.05) is 18.1 Å². The van der Waals surface area contributed by atoms with Crippen LogP contribution in [0.1, 0.15) is 92.4 Å². The van der Waals surface area contributed by atoms with Gasteiger partial charge >= 0.3 is 6.09 Å². The van der Waals surface area contributed by atoms with E-state index in [9.17, 15) is 13.2 Å². The van der Waals surface area contributed by atoms with Crippen LogP contribution in [0.5, 0.6) is 0 Å². The van der Waals surface area contributed by atoms with Crippen molar-refractivity contribution in [1.82, 2.24) is 9.88 Å². The number of aromatic nitrogens is 1. The number of pyridine rings is 1. The van der Waals surface area contributed by atoms with Crippen molar-refractivity contribution in [2.75, 3.05) is 11.9 Å². The first-order chi connectivity index (χ1) is 17.2. The number of anilines is 1. The standard InChI is InChI=1S/C28H46N4O4S/c1-27(2,3)36-26(33)32-18-19(17-28(32,4)5)9-14-22(15-16-23(20-10-11-20)21-12-13-21)30-24-7-6-8-25(31-24)37(29,34)35/h6-8,19-23H,9-18H2,1-5H3,(H,30,31)(H2,29,34,35)/t19-,22?/m0/s1. The number of ether oxygens (including phenoxy) is 1. The number of amides is 1. The van der Waals surface area contributed by atoms with Crippen molar-refractivity contribution < 1.29 is 17.9 Å². The summed E-state index contributed by atoms with van der Waals surface area (Å²) in [5.41, 5.74) is -0.761. The lowest BCUT2D eigenvalue weighted by Crippen LogP contribution is -2.45. The molecule has 2 atom stereocenters. The molecule has 37 heavy (non-hydrogen) atoms. The number of rotatable bonds is 11. The van der Waals surface area contributed by atoms with E-state index in [0.29, 0.717) is 18.3 Å². The number of sulfonamides is 1. The van der Waals surface area contributed by atoms with E-state index >= 15 is 0 Å². The largest absolute Gasteiger partial charge is 0.444 e. The summed E-state index contributed by atoms with van der Waals surface area (Å²) in [6.07, 6.45) is 10.3. The van der Waals surface area contributed by atoms with Crippen molar-refractivity contribution in [3.63, 3.8) is 0 Å². The van der Waals surface area contributed by atoms with Crippen LogP contribution < -0.4 is 10.5 Å². The number of primary sulfonamides is 1. The Bertz CT molecular complexity index is 1050. The molecule has 0 spiro atoms. The van der Waals surface area contributed by atoms with Gasteiger partial charge in [-0.2, -0.15) is 0 Å². The zero-order valence-corrected chi connectivity index (χ0v) is 24.0. The zero-order chi connectivity index (χ0) is 27.0. The summed E-state index contributed by atoms with van der Waals surface area (Å²) in [5.74, 6) is 3.55. The van der Waals surface area contributed by atoms with Crippen LogP contribution in [-0.2, 0) is 14.8 Å². The van der Waals surface area contributed by atoms with Gasteiger partial charge in [-0.25, -0.2) is 23.3 Å². The molecule has 2 saturated carbocycles. The molecule has 1 amide bonds. The van der Waals surface area contributed by atoms with Crippen LogP contribution >= 0.6 is 0 Å². The highest BCUT2D eigenvalue weighted by Gasteiger charge is 2.43. The number of carbonyl (C=O) groups is 1. The maximum absolute atomic E-state index is 12.9. The fraction of sp³-hybridized carbons (Fsp3) is 0.786. The van der Waals surface area contributed by atoms with Crippen molar-refractivity contribution in [2.45, 2.75) is 115 Å². The summed E-state index contributed by atoms with van der Waals surface area (Å²) in [7, 11) is -3.86. The van der Waals surface area contributed by atoms with E-state index in [1.165, 1.54) is 38.2 Å². The van der Waals surface area contributed by atoms with E-state index in [2.05, 4.69) is 24.1 Å². The van der Waals surface area contributed by atoms with Crippen molar-refractivity contribution >= 4 is 21.9 Å². The second kappa shape index (κ2) is 10.7. The molecule has 3 fully saturated rings.